The predicted molar refractivity (Wildman–Crippen MR) is 69.4 cm³/mol. The van der Waals surface area contributed by atoms with Crippen LogP contribution in [0.2, 0.25) is 0 Å². The Balaban J connectivity index is 2.25. The quantitative estimate of drug-likeness (QED) is 0.640. The number of ether oxygens (including phenoxy) is 2. The number of aromatic nitrogens is 3. The largest absolute Gasteiger partial charge is 0.390 e. The molecule has 0 spiro atoms. The van der Waals surface area contributed by atoms with Gasteiger partial charge in [-0.05, 0) is 6.92 Å². The Morgan fingerprint density at radius 3 is 2.72 bits per heavy atom. The van der Waals surface area contributed by atoms with E-state index >= 15 is 0 Å². The Morgan fingerprint density at radius 1 is 1.44 bits per heavy atom. The van der Waals surface area contributed by atoms with Crippen molar-refractivity contribution in [1.29, 1.82) is 0 Å². The van der Waals surface area contributed by atoms with E-state index in [-0.39, 0.29) is 12.7 Å². The summed E-state index contributed by atoms with van der Waals surface area (Å²) < 4.78 is 12.0. The molecule has 0 aliphatic carbocycles. The molecular formula is C10H20N4O3S. The van der Waals surface area contributed by atoms with Crippen molar-refractivity contribution in [1.82, 2.24) is 14.8 Å². The van der Waals surface area contributed by atoms with Gasteiger partial charge in [-0.2, -0.15) is 0 Å². The fourth-order valence-electron chi connectivity index (χ4n) is 1.23. The van der Waals surface area contributed by atoms with Gasteiger partial charge in [-0.15, -0.1) is 10.2 Å². The van der Waals surface area contributed by atoms with Crippen molar-refractivity contribution in [2.45, 2.75) is 24.3 Å². The lowest BCUT2D eigenvalue weighted by molar-refractivity contribution is -0.0257. The molecule has 3 N–H and O–H groups in total. The van der Waals surface area contributed by atoms with Gasteiger partial charge in [0.05, 0.1) is 25.4 Å². The molecule has 0 fully saturated rings. The van der Waals surface area contributed by atoms with Gasteiger partial charge in [-0.1, -0.05) is 11.8 Å². The second-order valence-corrected chi connectivity index (χ2v) is 4.95. The van der Waals surface area contributed by atoms with Crippen LogP contribution >= 0.6 is 11.8 Å². The number of anilines is 1. The molecule has 1 aromatic rings. The highest BCUT2D eigenvalue weighted by Crippen LogP contribution is 2.17. The van der Waals surface area contributed by atoms with Gasteiger partial charge in [-0.3, -0.25) is 4.57 Å². The number of aliphatic hydroxyl groups excluding tert-OH is 1. The Bertz CT molecular complexity index is 361. The number of aliphatic hydroxyl groups is 1. The van der Waals surface area contributed by atoms with Crippen molar-refractivity contribution in [2.24, 2.45) is 7.05 Å². The molecule has 8 heteroatoms. The number of rotatable bonds is 8. The van der Waals surface area contributed by atoms with Gasteiger partial charge in [0.15, 0.2) is 5.16 Å². The van der Waals surface area contributed by atoms with Crippen molar-refractivity contribution < 1.29 is 14.6 Å². The molecule has 7 nitrogen and oxygen atoms in total. The highest BCUT2D eigenvalue weighted by Gasteiger charge is 2.12. The van der Waals surface area contributed by atoms with E-state index in [2.05, 4.69) is 10.2 Å². The van der Waals surface area contributed by atoms with Crippen LogP contribution < -0.4 is 5.73 Å². The van der Waals surface area contributed by atoms with Crippen LogP contribution in [0.25, 0.3) is 0 Å². The van der Waals surface area contributed by atoms with E-state index in [1.807, 2.05) is 6.92 Å². The first-order valence-corrected chi connectivity index (χ1v) is 6.59. The Kier molecular flexibility index (Phi) is 6.41. The molecule has 0 bridgehead atoms. The molecule has 0 aromatic carbocycles. The van der Waals surface area contributed by atoms with Crippen LogP contribution in [0, 0.1) is 0 Å². The topological polar surface area (TPSA) is 95.4 Å². The first-order valence-electron chi connectivity index (χ1n) is 5.60. The lowest BCUT2D eigenvalue weighted by Crippen LogP contribution is -2.24. The summed E-state index contributed by atoms with van der Waals surface area (Å²) in [5.74, 6) is 0.836. The zero-order valence-electron chi connectivity index (χ0n) is 10.9. The van der Waals surface area contributed by atoms with Gasteiger partial charge >= 0.3 is 0 Å². The van der Waals surface area contributed by atoms with Crippen LogP contribution in [-0.2, 0) is 16.5 Å². The molecule has 0 saturated carbocycles. The van der Waals surface area contributed by atoms with E-state index in [0.29, 0.717) is 23.5 Å². The van der Waals surface area contributed by atoms with E-state index < -0.39 is 6.10 Å². The van der Waals surface area contributed by atoms with Crippen LogP contribution in [0.5, 0.6) is 0 Å². The van der Waals surface area contributed by atoms with Gasteiger partial charge in [0.2, 0.25) is 5.95 Å². The molecule has 1 rings (SSSR count). The van der Waals surface area contributed by atoms with Crippen molar-refractivity contribution in [2.75, 3.05) is 31.8 Å². The summed E-state index contributed by atoms with van der Waals surface area (Å²) in [4.78, 5) is 0. The van der Waals surface area contributed by atoms with Gasteiger partial charge in [-0.25, -0.2) is 0 Å². The summed E-state index contributed by atoms with van der Waals surface area (Å²) in [6, 6.07) is 0. The van der Waals surface area contributed by atoms with Crippen LogP contribution in [0.4, 0.5) is 5.95 Å². The molecule has 0 saturated heterocycles. The second kappa shape index (κ2) is 7.57. The van der Waals surface area contributed by atoms with E-state index in [0.717, 1.165) is 0 Å². The van der Waals surface area contributed by atoms with Crippen LogP contribution in [-0.4, -0.2) is 58.2 Å². The molecule has 104 valence electrons. The van der Waals surface area contributed by atoms with Crippen molar-refractivity contribution in [3.05, 3.63) is 0 Å². The number of nitrogens with two attached hydrogens (primary N) is 1. The normalized spacial score (nSPS) is 14.7. The maximum absolute atomic E-state index is 9.75. The fourth-order valence-corrected chi connectivity index (χ4v) is 2.05. The van der Waals surface area contributed by atoms with Gasteiger partial charge in [0.1, 0.15) is 0 Å². The van der Waals surface area contributed by atoms with Gasteiger partial charge in [0, 0.05) is 19.9 Å². The molecule has 1 heterocycles. The monoisotopic (exact) mass is 276 g/mol. The van der Waals surface area contributed by atoms with Crippen molar-refractivity contribution in [3.63, 3.8) is 0 Å². The van der Waals surface area contributed by atoms with E-state index in [1.165, 1.54) is 11.8 Å². The smallest absolute Gasteiger partial charge is 0.222 e. The molecule has 18 heavy (non-hydrogen) atoms. The average molecular weight is 276 g/mol. The summed E-state index contributed by atoms with van der Waals surface area (Å²) in [5, 5.41) is 18.1. The predicted octanol–water partition coefficient (Wildman–Crippen LogP) is -0.0982. The van der Waals surface area contributed by atoms with Gasteiger partial charge in [0.25, 0.3) is 0 Å². The number of nitrogen functional groups attached to an aromatic ring is 1. The summed E-state index contributed by atoms with van der Waals surface area (Å²) in [5.41, 5.74) is 5.55. The maximum Gasteiger partial charge on any atom is 0.222 e. The average Bonchev–Trinajstić information content (AvgIpc) is 2.65. The highest BCUT2D eigenvalue weighted by atomic mass is 32.2. The fraction of sp³-hybridized carbons (Fsp3) is 0.800. The zero-order chi connectivity index (χ0) is 13.5. The summed E-state index contributed by atoms with van der Waals surface area (Å²) >= 11 is 1.39. The summed E-state index contributed by atoms with van der Waals surface area (Å²) in [6.45, 7) is 2.68. The Labute approximate surface area is 111 Å². The lowest BCUT2D eigenvalue weighted by atomic mass is 10.4. The van der Waals surface area contributed by atoms with Crippen LogP contribution in [0.1, 0.15) is 6.92 Å². The zero-order valence-corrected chi connectivity index (χ0v) is 11.7. The molecule has 2 atom stereocenters. The third kappa shape index (κ3) is 4.81. The number of methoxy groups -OCH3 is 1. The molecule has 2 unspecified atom stereocenters. The minimum atomic E-state index is -0.563. The van der Waals surface area contributed by atoms with E-state index in [4.69, 9.17) is 15.2 Å². The van der Waals surface area contributed by atoms with E-state index in [1.54, 1.807) is 18.7 Å². The SMILES string of the molecule is COCC(C)OCC(O)CSc1nnc(N)n1C. The number of nitrogens with zero attached hydrogens (tertiary/aromatic N) is 3. The third-order valence-corrected chi connectivity index (χ3v) is 3.41. The minimum absolute atomic E-state index is 0.0277. The number of hydrogen-bond acceptors (Lipinski definition) is 7. The van der Waals surface area contributed by atoms with Gasteiger partial charge < -0.3 is 20.3 Å². The Morgan fingerprint density at radius 2 is 2.17 bits per heavy atom. The van der Waals surface area contributed by atoms with Crippen molar-refractivity contribution in [3.8, 4) is 0 Å². The highest BCUT2D eigenvalue weighted by molar-refractivity contribution is 7.99. The molecule has 0 radical (unpaired) electrons. The molecule has 0 aliphatic rings. The van der Waals surface area contributed by atoms with E-state index in [9.17, 15) is 5.11 Å². The van der Waals surface area contributed by atoms with Crippen LogP contribution in [0.15, 0.2) is 5.16 Å². The summed E-state index contributed by atoms with van der Waals surface area (Å²) in [7, 11) is 3.39. The minimum Gasteiger partial charge on any atom is -0.390 e. The first-order chi connectivity index (χ1) is 8.54. The third-order valence-electron chi connectivity index (χ3n) is 2.25. The standard InChI is InChI=1S/C10H20N4O3S/c1-7(4-16-3)17-5-8(15)6-18-10-13-12-9(11)14(10)2/h7-8,15H,4-6H2,1-3H3,(H2,11,12). The maximum atomic E-state index is 9.75. The van der Waals surface area contributed by atoms with Crippen molar-refractivity contribution >= 4 is 17.7 Å². The lowest BCUT2D eigenvalue weighted by Gasteiger charge is -2.15. The molecule has 1 aromatic heterocycles. The second-order valence-electron chi connectivity index (χ2n) is 3.96. The number of hydrogen-bond donors (Lipinski definition) is 2. The number of thioether (sulfide) groups is 1. The molecule has 0 aliphatic heterocycles. The summed E-state index contributed by atoms with van der Waals surface area (Å²) in [6.07, 6.45) is -0.590. The molecular weight excluding hydrogens is 256 g/mol. The molecule has 0 amide bonds. The Hall–Kier alpha value is -0.830. The first kappa shape index (κ1) is 15.2. The van der Waals surface area contributed by atoms with Crippen LogP contribution in [0.3, 0.4) is 0 Å².